The molecule has 0 fully saturated rings. The van der Waals surface area contributed by atoms with E-state index in [2.05, 4.69) is 10.6 Å². The molecule has 2 amide bonds. The topological polar surface area (TPSA) is 67.4 Å². The second-order valence-corrected chi connectivity index (χ2v) is 5.83. The zero-order chi connectivity index (χ0) is 17.1. The van der Waals surface area contributed by atoms with Crippen LogP contribution in [-0.2, 0) is 6.42 Å². The van der Waals surface area contributed by atoms with Crippen LogP contribution < -0.4 is 15.4 Å². The van der Waals surface area contributed by atoms with E-state index in [-0.39, 0.29) is 11.8 Å². The molecule has 1 aliphatic rings. The largest absolute Gasteiger partial charge is 0.491 e. The maximum absolute atomic E-state index is 12.1. The Kier molecular flexibility index (Phi) is 4.51. The van der Waals surface area contributed by atoms with Crippen molar-refractivity contribution in [3.05, 3.63) is 64.2 Å². The molecule has 1 aliphatic heterocycles. The molecule has 24 heavy (non-hydrogen) atoms. The fraction of sp³-hybridized carbons (Fsp3) is 0.263. The second-order valence-electron chi connectivity index (χ2n) is 5.83. The van der Waals surface area contributed by atoms with Crippen molar-refractivity contribution in [2.24, 2.45) is 0 Å². The van der Waals surface area contributed by atoms with Crippen molar-refractivity contribution in [1.29, 1.82) is 0 Å². The van der Waals surface area contributed by atoms with Crippen LogP contribution in [0.5, 0.6) is 5.75 Å². The molecule has 0 saturated heterocycles. The van der Waals surface area contributed by atoms with E-state index < -0.39 is 0 Å². The zero-order valence-corrected chi connectivity index (χ0v) is 13.8. The Morgan fingerprint density at radius 3 is 2.71 bits per heavy atom. The summed E-state index contributed by atoms with van der Waals surface area (Å²) in [5.74, 6) is 0.441. The number of carbonyl (C=O) groups excluding carboxylic acids is 2. The second kappa shape index (κ2) is 6.74. The van der Waals surface area contributed by atoms with E-state index in [0.29, 0.717) is 36.4 Å². The fourth-order valence-corrected chi connectivity index (χ4v) is 2.77. The van der Waals surface area contributed by atoms with Gasteiger partial charge in [0.25, 0.3) is 11.8 Å². The molecule has 5 heteroatoms. The molecule has 124 valence electrons. The summed E-state index contributed by atoms with van der Waals surface area (Å²) >= 11 is 0. The lowest BCUT2D eigenvalue weighted by atomic mass is 9.96. The predicted octanol–water partition coefficient (Wildman–Crippen LogP) is 2.07. The highest BCUT2D eigenvalue weighted by Crippen LogP contribution is 2.26. The third-order valence-corrected chi connectivity index (χ3v) is 4.17. The first-order chi connectivity index (χ1) is 11.6. The van der Waals surface area contributed by atoms with Gasteiger partial charge in [0, 0.05) is 12.6 Å². The molecule has 0 aromatic heterocycles. The molecule has 0 radical (unpaired) electrons. The summed E-state index contributed by atoms with van der Waals surface area (Å²) < 4.78 is 5.63. The van der Waals surface area contributed by atoms with Gasteiger partial charge in [-0.15, -0.1) is 0 Å². The standard InChI is InChI=1S/C19H20N2O3/c1-12-9-17-16(19(23)21-7-8-24-17)11-15(12)10-13-3-5-14(6-4-13)18(22)20-2/h3-6,9,11H,7-8,10H2,1-2H3,(H,20,22)(H,21,23). The first-order valence-electron chi connectivity index (χ1n) is 7.94. The van der Waals surface area contributed by atoms with Crippen LogP contribution in [0.1, 0.15) is 37.4 Å². The number of benzene rings is 2. The number of aryl methyl sites for hydroxylation is 1. The van der Waals surface area contributed by atoms with Gasteiger partial charge in [-0.25, -0.2) is 0 Å². The number of ether oxygens (including phenoxy) is 1. The van der Waals surface area contributed by atoms with Crippen molar-refractivity contribution in [3.63, 3.8) is 0 Å². The number of amides is 2. The first-order valence-corrected chi connectivity index (χ1v) is 7.94. The molecule has 0 atom stereocenters. The molecule has 2 aromatic carbocycles. The van der Waals surface area contributed by atoms with Crippen LogP contribution in [0.3, 0.4) is 0 Å². The first kappa shape index (κ1) is 16.1. The summed E-state index contributed by atoms with van der Waals surface area (Å²) in [4.78, 5) is 23.7. The number of hydrogen-bond acceptors (Lipinski definition) is 3. The number of carbonyl (C=O) groups is 2. The van der Waals surface area contributed by atoms with Crippen LogP contribution in [0.25, 0.3) is 0 Å². The normalized spacial score (nSPS) is 13.3. The van der Waals surface area contributed by atoms with E-state index in [1.807, 2.05) is 43.3 Å². The van der Waals surface area contributed by atoms with Crippen LogP contribution in [0.4, 0.5) is 0 Å². The summed E-state index contributed by atoms with van der Waals surface area (Å²) in [6, 6.07) is 11.3. The Bertz CT molecular complexity index is 782. The molecule has 3 rings (SSSR count). The van der Waals surface area contributed by atoms with Crippen LogP contribution in [0.2, 0.25) is 0 Å². The number of fused-ring (bicyclic) bond motifs is 1. The number of hydrogen-bond donors (Lipinski definition) is 2. The Balaban J connectivity index is 1.87. The zero-order valence-electron chi connectivity index (χ0n) is 13.8. The minimum absolute atomic E-state index is 0.0984. The maximum atomic E-state index is 12.1. The van der Waals surface area contributed by atoms with E-state index in [0.717, 1.165) is 16.7 Å². The van der Waals surface area contributed by atoms with Crippen LogP contribution >= 0.6 is 0 Å². The summed E-state index contributed by atoms with van der Waals surface area (Å²) in [5, 5.41) is 5.44. The lowest BCUT2D eigenvalue weighted by Crippen LogP contribution is -2.24. The summed E-state index contributed by atoms with van der Waals surface area (Å²) in [6.07, 6.45) is 0.695. The van der Waals surface area contributed by atoms with Crippen LogP contribution in [-0.4, -0.2) is 32.0 Å². The average molecular weight is 324 g/mol. The lowest BCUT2D eigenvalue weighted by molar-refractivity contribution is 0.0951. The van der Waals surface area contributed by atoms with Gasteiger partial charge in [0.2, 0.25) is 0 Å². The van der Waals surface area contributed by atoms with E-state index >= 15 is 0 Å². The molecule has 1 heterocycles. The highest BCUT2D eigenvalue weighted by molar-refractivity contribution is 5.97. The minimum atomic E-state index is -0.100. The molecule has 5 nitrogen and oxygen atoms in total. The summed E-state index contributed by atoms with van der Waals surface area (Å²) in [6.45, 7) is 3.02. The van der Waals surface area contributed by atoms with Gasteiger partial charge in [-0.2, -0.15) is 0 Å². The molecule has 0 saturated carbocycles. The monoisotopic (exact) mass is 324 g/mol. The Morgan fingerprint density at radius 1 is 1.25 bits per heavy atom. The molecule has 0 bridgehead atoms. The molecule has 0 aliphatic carbocycles. The number of rotatable bonds is 3. The Hall–Kier alpha value is -2.82. The third kappa shape index (κ3) is 3.25. The van der Waals surface area contributed by atoms with Crippen molar-refractivity contribution in [3.8, 4) is 5.75 Å². The van der Waals surface area contributed by atoms with Gasteiger partial charge < -0.3 is 15.4 Å². The van der Waals surface area contributed by atoms with Gasteiger partial charge in [-0.1, -0.05) is 12.1 Å². The van der Waals surface area contributed by atoms with Crippen LogP contribution in [0.15, 0.2) is 36.4 Å². The highest BCUT2D eigenvalue weighted by Gasteiger charge is 2.18. The Morgan fingerprint density at radius 2 is 2.00 bits per heavy atom. The minimum Gasteiger partial charge on any atom is -0.491 e. The highest BCUT2D eigenvalue weighted by atomic mass is 16.5. The Labute approximate surface area is 141 Å². The molecule has 2 aromatic rings. The van der Waals surface area contributed by atoms with Gasteiger partial charge in [0.1, 0.15) is 12.4 Å². The predicted molar refractivity (Wildman–Crippen MR) is 91.6 cm³/mol. The third-order valence-electron chi connectivity index (χ3n) is 4.17. The maximum Gasteiger partial charge on any atom is 0.255 e. The molecule has 0 spiro atoms. The van der Waals surface area contributed by atoms with Crippen molar-refractivity contribution in [2.75, 3.05) is 20.2 Å². The van der Waals surface area contributed by atoms with Crippen LogP contribution in [0, 0.1) is 6.92 Å². The van der Waals surface area contributed by atoms with Gasteiger partial charge in [0.15, 0.2) is 0 Å². The van der Waals surface area contributed by atoms with E-state index in [1.54, 1.807) is 7.05 Å². The van der Waals surface area contributed by atoms with Gasteiger partial charge in [0.05, 0.1) is 12.1 Å². The molecular weight excluding hydrogens is 304 g/mol. The van der Waals surface area contributed by atoms with Crippen molar-refractivity contribution in [1.82, 2.24) is 10.6 Å². The van der Waals surface area contributed by atoms with Crippen molar-refractivity contribution < 1.29 is 14.3 Å². The van der Waals surface area contributed by atoms with E-state index in [4.69, 9.17) is 4.74 Å². The van der Waals surface area contributed by atoms with Crippen molar-refractivity contribution >= 4 is 11.8 Å². The van der Waals surface area contributed by atoms with Gasteiger partial charge in [-0.3, -0.25) is 9.59 Å². The van der Waals surface area contributed by atoms with Gasteiger partial charge in [-0.05, 0) is 54.3 Å². The quantitative estimate of drug-likeness (QED) is 0.908. The molecule has 2 N–H and O–H groups in total. The number of nitrogens with one attached hydrogen (secondary N) is 2. The summed E-state index contributed by atoms with van der Waals surface area (Å²) in [7, 11) is 1.61. The molecular formula is C19H20N2O3. The molecule has 0 unspecified atom stereocenters. The van der Waals surface area contributed by atoms with E-state index in [9.17, 15) is 9.59 Å². The van der Waals surface area contributed by atoms with Crippen molar-refractivity contribution in [2.45, 2.75) is 13.3 Å². The summed E-state index contributed by atoms with van der Waals surface area (Å²) in [5.41, 5.74) is 4.45. The SMILES string of the molecule is CNC(=O)c1ccc(Cc2cc3c(cc2C)OCCNC3=O)cc1. The average Bonchev–Trinajstić information content (AvgIpc) is 2.77. The van der Waals surface area contributed by atoms with E-state index in [1.165, 1.54) is 0 Å². The lowest BCUT2D eigenvalue weighted by Gasteiger charge is -2.12. The van der Waals surface area contributed by atoms with Gasteiger partial charge >= 0.3 is 0 Å². The smallest absolute Gasteiger partial charge is 0.255 e. The fourth-order valence-electron chi connectivity index (χ4n) is 2.77.